The summed E-state index contributed by atoms with van der Waals surface area (Å²) in [5, 5.41) is 2.48. The predicted octanol–water partition coefficient (Wildman–Crippen LogP) is 2.40. The minimum absolute atomic E-state index is 0.160. The fourth-order valence-electron chi connectivity index (χ4n) is 2.35. The highest BCUT2D eigenvalue weighted by molar-refractivity contribution is 7.91. The molecule has 0 aliphatic carbocycles. The number of carbonyl (C=O) groups excluding carboxylic acids is 2. The number of anilines is 1. The zero-order valence-corrected chi connectivity index (χ0v) is 15.9. The van der Waals surface area contributed by atoms with E-state index in [9.17, 15) is 22.4 Å². The van der Waals surface area contributed by atoms with Gasteiger partial charge in [0.05, 0.1) is 17.2 Å². The van der Waals surface area contributed by atoms with Gasteiger partial charge in [-0.2, -0.15) is 0 Å². The summed E-state index contributed by atoms with van der Waals surface area (Å²) in [6, 6.07) is 11.8. The molecule has 0 radical (unpaired) electrons. The van der Waals surface area contributed by atoms with Gasteiger partial charge in [-0.15, -0.1) is 0 Å². The predicted molar refractivity (Wildman–Crippen MR) is 101 cm³/mol. The molecule has 1 N–H and O–H groups in total. The number of nitrogens with one attached hydrogen (secondary N) is 1. The van der Waals surface area contributed by atoms with Crippen molar-refractivity contribution in [2.24, 2.45) is 0 Å². The van der Waals surface area contributed by atoms with Gasteiger partial charge in [0.15, 0.2) is 9.84 Å². The van der Waals surface area contributed by atoms with E-state index < -0.39 is 27.5 Å². The molecule has 8 heteroatoms. The van der Waals surface area contributed by atoms with Crippen molar-refractivity contribution in [2.45, 2.75) is 18.2 Å². The maximum atomic E-state index is 13.1. The summed E-state index contributed by atoms with van der Waals surface area (Å²) in [7, 11) is -2.17. The number of aryl methyl sites for hydroxylation is 1. The number of carbonyl (C=O) groups is 2. The van der Waals surface area contributed by atoms with Crippen LogP contribution >= 0.6 is 0 Å². The van der Waals surface area contributed by atoms with Crippen molar-refractivity contribution in [1.82, 2.24) is 4.90 Å². The third kappa shape index (κ3) is 6.18. The minimum atomic E-state index is -3.58. The number of amides is 2. The first-order valence-corrected chi connectivity index (χ1v) is 9.91. The first-order valence-electron chi connectivity index (χ1n) is 8.26. The Labute approximate surface area is 157 Å². The van der Waals surface area contributed by atoms with Gasteiger partial charge in [0.25, 0.3) is 0 Å². The van der Waals surface area contributed by atoms with E-state index in [1.165, 1.54) is 37.4 Å². The summed E-state index contributed by atoms with van der Waals surface area (Å²) in [6.45, 7) is 1.59. The molecule has 0 saturated carbocycles. The van der Waals surface area contributed by atoms with E-state index >= 15 is 0 Å². The third-order valence-corrected chi connectivity index (χ3v) is 5.61. The molecule has 0 bridgehead atoms. The Morgan fingerprint density at radius 1 is 1.11 bits per heavy atom. The molecule has 2 aromatic rings. The lowest BCUT2D eigenvalue weighted by Gasteiger charge is -2.17. The number of benzene rings is 2. The van der Waals surface area contributed by atoms with E-state index in [2.05, 4.69) is 5.32 Å². The van der Waals surface area contributed by atoms with E-state index in [-0.39, 0.29) is 29.3 Å². The molecule has 0 aliphatic heterocycles. The lowest BCUT2D eigenvalue weighted by Crippen LogP contribution is -2.35. The normalized spacial score (nSPS) is 11.1. The van der Waals surface area contributed by atoms with Crippen molar-refractivity contribution in [2.75, 3.05) is 24.7 Å². The van der Waals surface area contributed by atoms with Gasteiger partial charge in [-0.25, -0.2) is 12.8 Å². The van der Waals surface area contributed by atoms with Crippen LogP contribution in [0.2, 0.25) is 0 Å². The molecule has 0 unspecified atom stereocenters. The molecule has 2 aromatic carbocycles. The van der Waals surface area contributed by atoms with E-state index in [1.807, 2.05) is 6.92 Å². The average molecular weight is 392 g/mol. The summed E-state index contributed by atoms with van der Waals surface area (Å²) in [5.41, 5.74) is 1.22. The molecule has 2 amide bonds. The quantitative estimate of drug-likeness (QED) is 0.784. The fraction of sp³-hybridized carbons (Fsp3) is 0.263. The first-order chi connectivity index (χ1) is 12.7. The molecule has 0 fully saturated rings. The smallest absolute Gasteiger partial charge is 0.243 e. The molecule has 0 atom stereocenters. The Bertz CT molecular complexity index is 927. The number of nitrogens with zero attached hydrogens (tertiary/aromatic N) is 1. The van der Waals surface area contributed by atoms with Crippen LogP contribution in [-0.4, -0.2) is 44.5 Å². The molecular formula is C19H21FN2O4S. The van der Waals surface area contributed by atoms with Crippen LogP contribution in [0.1, 0.15) is 12.0 Å². The van der Waals surface area contributed by atoms with Gasteiger partial charge in [0.2, 0.25) is 11.8 Å². The largest absolute Gasteiger partial charge is 0.336 e. The number of halogens is 1. The number of rotatable bonds is 7. The summed E-state index contributed by atoms with van der Waals surface area (Å²) in [4.78, 5) is 25.4. The zero-order chi connectivity index (χ0) is 20.0. The molecule has 144 valence electrons. The van der Waals surface area contributed by atoms with E-state index in [0.29, 0.717) is 0 Å². The lowest BCUT2D eigenvalue weighted by atomic mass is 10.2. The monoisotopic (exact) mass is 392 g/mol. The van der Waals surface area contributed by atoms with Crippen LogP contribution in [0.3, 0.4) is 0 Å². The fourth-order valence-corrected chi connectivity index (χ4v) is 3.58. The summed E-state index contributed by atoms with van der Waals surface area (Å²) < 4.78 is 37.7. The van der Waals surface area contributed by atoms with Crippen molar-refractivity contribution in [1.29, 1.82) is 0 Å². The van der Waals surface area contributed by atoms with Crippen LogP contribution in [-0.2, 0) is 19.4 Å². The van der Waals surface area contributed by atoms with Gasteiger partial charge in [0.1, 0.15) is 5.82 Å². The van der Waals surface area contributed by atoms with Gasteiger partial charge in [-0.05, 0) is 37.3 Å². The number of hydrogen-bond acceptors (Lipinski definition) is 4. The van der Waals surface area contributed by atoms with Crippen LogP contribution in [0, 0.1) is 12.7 Å². The van der Waals surface area contributed by atoms with Crippen molar-refractivity contribution in [3.8, 4) is 0 Å². The minimum Gasteiger partial charge on any atom is -0.336 e. The van der Waals surface area contributed by atoms with Crippen LogP contribution in [0.25, 0.3) is 0 Å². The third-order valence-electron chi connectivity index (χ3n) is 3.88. The summed E-state index contributed by atoms with van der Waals surface area (Å²) in [5.74, 6) is -1.80. The Morgan fingerprint density at radius 2 is 1.78 bits per heavy atom. The standard InChI is InChI=1S/C19H21FN2O4S/c1-14-6-8-17(9-7-14)27(25,26)11-10-19(24)22(2)13-18(23)21-16-5-3-4-15(20)12-16/h3-9,12H,10-11,13H2,1-2H3,(H,21,23). The van der Waals surface area contributed by atoms with Crippen LogP contribution in [0.5, 0.6) is 0 Å². The maximum absolute atomic E-state index is 13.1. The van der Waals surface area contributed by atoms with Gasteiger partial charge < -0.3 is 10.2 Å². The van der Waals surface area contributed by atoms with Crippen molar-refractivity contribution >= 4 is 27.3 Å². The molecule has 0 spiro atoms. The highest BCUT2D eigenvalue weighted by Crippen LogP contribution is 2.14. The number of hydrogen-bond donors (Lipinski definition) is 1. The topological polar surface area (TPSA) is 83.6 Å². The molecule has 2 rings (SSSR count). The summed E-state index contributed by atoms with van der Waals surface area (Å²) >= 11 is 0. The van der Waals surface area contributed by atoms with E-state index in [0.717, 1.165) is 16.5 Å². The molecule has 0 saturated heterocycles. The van der Waals surface area contributed by atoms with Gasteiger partial charge in [0, 0.05) is 19.2 Å². The Balaban J connectivity index is 1.87. The van der Waals surface area contributed by atoms with Crippen molar-refractivity contribution in [3.05, 3.63) is 59.9 Å². The molecule has 6 nitrogen and oxygen atoms in total. The Hall–Kier alpha value is -2.74. The second-order valence-corrected chi connectivity index (χ2v) is 8.30. The SMILES string of the molecule is Cc1ccc(S(=O)(=O)CCC(=O)N(C)CC(=O)Nc2cccc(F)c2)cc1. The van der Waals surface area contributed by atoms with Crippen molar-refractivity contribution < 1.29 is 22.4 Å². The average Bonchev–Trinajstić information content (AvgIpc) is 2.60. The maximum Gasteiger partial charge on any atom is 0.243 e. The lowest BCUT2D eigenvalue weighted by molar-refractivity contribution is -0.132. The van der Waals surface area contributed by atoms with E-state index in [4.69, 9.17) is 0 Å². The molecule has 0 aliphatic rings. The highest BCUT2D eigenvalue weighted by Gasteiger charge is 2.19. The second-order valence-electron chi connectivity index (χ2n) is 6.19. The molecule has 27 heavy (non-hydrogen) atoms. The van der Waals surface area contributed by atoms with Gasteiger partial charge in [-0.1, -0.05) is 23.8 Å². The molecule has 0 aromatic heterocycles. The van der Waals surface area contributed by atoms with Gasteiger partial charge in [-0.3, -0.25) is 9.59 Å². The number of sulfone groups is 1. The Morgan fingerprint density at radius 3 is 2.41 bits per heavy atom. The highest BCUT2D eigenvalue weighted by atomic mass is 32.2. The Kier molecular flexibility index (Phi) is 6.68. The van der Waals surface area contributed by atoms with Gasteiger partial charge >= 0.3 is 0 Å². The summed E-state index contributed by atoms with van der Waals surface area (Å²) in [6.07, 6.45) is -0.236. The van der Waals surface area contributed by atoms with Crippen LogP contribution in [0.15, 0.2) is 53.4 Å². The van der Waals surface area contributed by atoms with E-state index in [1.54, 1.807) is 12.1 Å². The van der Waals surface area contributed by atoms with Crippen LogP contribution < -0.4 is 5.32 Å². The molecular weight excluding hydrogens is 371 g/mol. The zero-order valence-electron chi connectivity index (χ0n) is 15.1. The van der Waals surface area contributed by atoms with Crippen LogP contribution in [0.4, 0.5) is 10.1 Å². The number of likely N-dealkylation sites (N-methyl/N-ethyl adjacent to an activating group) is 1. The van der Waals surface area contributed by atoms with Crippen molar-refractivity contribution in [3.63, 3.8) is 0 Å². The second kappa shape index (κ2) is 8.77. The first kappa shape index (κ1) is 20.6. The molecule has 0 heterocycles.